The second-order valence-electron chi connectivity index (χ2n) is 15.7. The first-order chi connectivity index (χ1) is 28.0. The lowest BCUT2D eigenvalue weighted by Gasteiger charge is -2.21. The van der Waals surface area contributed by atoms with E-state index in [0.717, 1.165) is 38.5 Å². The molecule has 0 saturated heterocycles. The highest BCUT2D eigenvalue weighted by Gasteiger charge is 2.30. The lowest BCUT2D eigenvalue weighted by atomic mass is 10.0. The van der Waals surface area contributed by atoms with Crippen molar-refractivity contribution in [3.8, 4) is 0 Å². The number of hydrogen-bond acceptors (Lipinski definition) is 13. The van der Waals surface area contributed by atoms with E-state index >= 15 is 0 Å². The molecule has 5 atom stereocenters. The lowest BCUT2D eigenvalue weighted by Crippen LogP contribution is -2.46. The quantitative estimate of drug-likeness (QED) is 0.0196. The summed E-state index contributed by atoms with van der Waals surface area (Å²) in [6.07, 6.45) is 24.4. The fourth-order valence-corrected chi connectivity index (χ4v) is 7.22. The predicted octanol–water partition coefficient (Wildman–Crippen LogP) is 7.77. The minimum absolute atomic E-state index is 0.126. The van der Waals surface area contributed by atoms with Crippen molar-refractivity contribution in [3.63, 3.8) is 0 Å². The molecule has 0 bridgehead atoms. The van der Waals surface area contributed by atoms with Crippen LogP contribution in [0.5, 0.6) is 0 Å². The summed E-state index contributed by atoms with van der Waals surface area (Å²) in [5, 5.41) is 40.3. The number of carbonyl (C=O) groups is 3. The van der Waals surface area contributed by atoms with Gasteiger partial charge in [0, 0.05) is 19.4 Å². The van der Waals surface area contributed by atoms with Crippen LogP contribution in [0.2, 0.25) is 0 Å². The Hall–Kier alpha value is -1.48. The Morgan fingerprint density at radius 1 is 0.586 bits per heavy atom. The molecule has 0 aromatic carbocycles. The van der Waals surface area contributed by atoms with Crippen molar-refractivity contribution in [2.45, 2.75) is 218 Å². The molecule has 14 nitrogen and oxygen atoms in total. The van der Waals surface area contributed by atoms with Gasteiger partial charge in [-0.2, -0.15) is 0 Å². The Kier molecular flexibility index (Phi) is 38.6. The van der Waals surface area contributed by atoms with Crippen molar-refractivity contribution in [1.82, 2.24) is 5.32 Å². The van der Waals surface area contributed by atoms with Gasteiger partial charge in [0.15, 0.2) is 11.9 Å². The zero-order valence-corrected chi connectivity index (χ0v) is 37.2. The van der Waals surface area contributed by atoms with Crippen LogP contribution in [-0.2, 0) is 37.5 Å². The van der Waals surface area contributed by atoms with Crippen LogP contribution in [0, 0.1) is 0 Å². The summed E-state index contributed by atoms with van der Waals surface area (Å²) in [4.78, 5) is 47.4. The summed E-state index contributed by atoms with van der Waals surface area (Å²) in [7, 11) is -4.66. The number of phosphoric acid groups is 1. The van der Waals surface area contributed by atoms with Gasteiger partial charge in [-0.1, -0.05) is 168 Å². The summed E-state index contributed by atoms with van der Waals surface area (Å²) in [6.45, 7) is 1.73. The highest BCUT2D eigenvalue weighted by molar-refractivity contribution is 7.47. The molecule has 0 amide bonds. The molecule has 15 heteroatoms. The Bertz CT molecular complexity index is 1040. The highest BCUT2D eigenvalue weighted by atomic mass is 31.2. The maximum atomic E-state index is 12.7. The number of nitrogens with one attached hydrogen (secondary N) is 1. The first kappa shape index (κ1) is 56.5. The summed E-state index contributed by atoms with van der Waals surface area (Å²) in [5.41, 5.74) is 0. The minimum Gasteiger partial charge on any atom is -0.462 e. The number of aliphatic hydroxyl groups is 4. The maximum absolute atomic E-state index is 12.7. The van der Waals surface area contributed by atoms with Gasteiger partial charge in [0.25, 0.3) is 0 Å². The zero-order valence-electron chi connectivity index (χ0n) is 36.3. The number of ketones is 1. The van der Waals surface area contributed by atoms with E-state index in [1.165, 1.54) is 116 Å². The van der Waals surface area contributed by atoms with E-state index in [4.69, 9.17) is 23.6 Å². The third kappa shape index (κ3) is 35.3. The minimum atomic E-state index is -4.66. The van der Waals surface area contributed by atoms with Crippen LogP contribution in [-0.4, -0.2) is 107 Å². The molecule has 6 N–H and O–H groups in total. The summed E-state index contributed by atoms with van der Waals surface area (Å²) in [6, 6.07) is 0. The van der Waals surface area contributed by atoms with E-state index in [0.29, 0.717) is 12.8 Å². The predicted molar refractivity (Wildman–Crippen MR) is 226 cm³/mol. The van der Waals surface area contributed by atoms with Gasteiger partial charge >= 0.3 is 19.8 Å². The molecule has 0 rings (SSSR count). The van der Waals surface area contributed by atoms with Crippen LogP contribution in [0.3, 0.4) is 0 Å². The average molecular weight is 854 g/mol. The van der Waals surface area contributed by atoms with Crippen molar-refractivity contribution in [2.75, 3.05) is 39.5 Å². The number of aliphatic hydroxyl groups excluding tert-OH is 4. The van der Waals surface area contributed by atoms with Gasteiger partial charge in [0.05, 0.1) is 26.4 Å². The molecule has 0 fully saturated rings. The van der Waals surface area contributed by atoms with Crippen LogP contribution >= 0.6 is 7.82 Å². The Balaban J connectivity index is 4.62. The van der Waals surface area contributed by atoms with Gasteiger partial charge < -0.3 is 40.1 Å². The van der Waals surface area contributed by atoms with Crippen LogP contribution in [0.25, 0.3) is 0 Å². The van der Waals surface area contributed by atoms with Gasteiger partial charge in [-0.05, 0) is 12.8 Å². The molecule has 58 heavy (non-hydrogen) atoms. The SMILES string of the molecule is CCCCCCCCCCCCCCCC(=O)OC[C@H](COP(=O)(O)OCCNCC(=O)[C@@H](O)[C@H](O)[C@H](O)CO)OC(=O)CCCCCCCCCCCCCCC. The molecule has 0 aliphatic rings. The van der Waals surface area contributed by atoms with Crippen molar-refractivity contribution in [2.24, 2.45) is 0 Å². The average Bonchev–Trinajstić information content (AvgIpc) is 3.21. The van der Waals surface area contributed by atoms with Gasteiger partial charge in [0.1, 0.15) is 24.9 Å². The second-order valence-corrected chi connectivity index (χ2v) is 17.2. The van der Waals surface area contributed by atoms with Crippen LogP contribution in [0.1, 0.15) is 194 Å². The number of ether oxygens (including phenoxy) is 2. The number of rotatable bonds is 44. The van der Waals surface area contributed by atoms with E-state index in [1.807, 2.05) is 0 Å². The number of Topliss-reactive ketones (excluding diaryl/α,β-unsaturated/α-hetero) is 1. The fourth-order valence-electron chi connectivity index (χ4n) is 6.47. The molecule has 0 heterocycles. The van der Waals surface area contributed by atoms with Gasteiger partial charge in [0.2, 0.25) is 0 Å². The first-order valence-corrected chi connectivity index (χ1v) is 24.3. The Morgan fingerprint density at radius 2 is 1.00 bits per heavy atom. The van der Waals surface area contributed by atoms with E-state index < -0.39 is 76.3 Å². The summed E-state index contributed by atoms with van der Waals surface area (Å²) in [5.74, 6) is -1.85. The van der Waals surface area contributed by atoms with E-state index in [-0.39, 0.29) is 26.0 Å². The number of phosphoric ester groups is 1. The lowest BCUT2D eigenvalue weighted by molar-refractivity contribution is -0.161. The van der Waals surface area contributed by atoms with Crippen molar-refractivity contribution in [3.05, 3.63) is 0 Å². The number of unbranched alkanes of at least 4 members (excludes halogenated alkanes) is 24. The molecule has 0 saturated carbocycles. The molecular weight excluding hydrogens is 769 g/mol. The van der Waals surface area contributed by atoms with Gasteiger partial charge in [-0.15, -0.1) is 0 Å². The number of esters is 2. The number of hydrogen-bond donors (Lipinski definition) is 6. The monoisotopic (exact) mass is 854 g/mol. The molecule has 344 valence electrons. The second kappa shape index (κ2) is 39.6. The maximum Gasteiger partial charge on any atom is 0.472 e. The Morgan fingerprint density at radius 3 is 1.43 bits per heavy atom. The van der Waals surface area contributed by atoms with Crippen LogP contribution in [0.15, 0.2) is 0 Å². The highest BCUT2D eigenvalue weighted by Crippen LogP contribution is 2.43. The van der Waals surface area contributed by atoms with Crippen LogP contribution in [0.4, 0.5) is 0 Å². The molecule has 0 radical (unpaired) electrons. The van der Waals surface area contributed by atoms with Crippen molar-refractivity contribution < 1.29 is 62.8 Å². The molecule has 0 aliphatic carbocycles. The largest absolute Gasteiger partial charge is 0.472 e. The van der Waals surface area contributed by atoms with E-state index in [1.54, 1.807) is 0 Å². The standard InChI is InChI=1S/C43H84NO13P/c1-3-5-7-9-11-13-15-17-19-21-23-25-27-29-40(48)54-35-37(57-41(49)30-28-26-24-22-20-18-16-14-12-10-8-6-4-2)36-56-58(52,53)55-32-31-44-33-38(46)42(50)43(51)39(47)34-45/h37,39,42-45,47,50-51H,3-36H2,1-2H3,(H,52,53)/t37-,39-,42-,43-/m1/s1. The summed E-state index contributed by atoms with van der Waals surface area (Å²) < 4.78 is 33.4. The van der Waals surface area contributed by atoms with Gasteiger partial charge in [-0.25, -0.2) is 4.57 Å². The molecule has 0 aliphatic heterocycles. The molecule has 1 unspecified atom stereocenters. The smallest absolute Gasteiger partial charge is 0.462 e. The van der Waals surface area contributed by atoms with E-state index in [9.17, 15) is 39.2 Å². The number of carbonyl (C=O) groups excluding carboxylic acids is 3. The third-order valence-electron chi connectivity index (χ3n) is 10.2. The zero-order chi connectivity index (χ0) is 43.1. The summed E-state index contributed by atoms with van der Waals surface area (Å²) >= 11 is 0. The molecule has 0 aromatic heterocycles. The topological polar surface area (TPSA) is 218 Å². The van der Waals surface area contributed by atoms with E-state index in [2.05, 4.69) is 19.2 Å². The third-order valence-corrected chi connectivity index (χ3v) is 11.2. The molecule has 0 spiro atoms. The molecule has 0 aromatic rings. The fraction of sp³-hybridized carbons (Fsp3) is 0.930. The first-order valence-electron chi connectivity index (χ1n) is 22.8. The van der Waals surface area contributed by atoms with Crippen molar-refractivity contribution in [1.29, 1.82) is 0 Å². The van der Waals surface area contributed by atoms with Gasteiger partial charge in [-0.3, -0.25) is 23.4 Å². The van der Waals surface area contributed by atoms with Crippen molar-refractivity contribution >= 4 is 25.5 Å². The van der Waals surface area contributed by atoms with Crippen LogP contribution < -0.4 is 5.32 Å². The Labute approximate surface area is 350 Å². The normalized spacial score (nSPS) is 14.7. The molecular formula is C43H84NO13P.